The van der Waals surface area contributed by atoms with E-state index in [2.05, 4.69) is 15.1 Å². The highest BCUT2D eigenvalue weighted by atomic mass is 16.5. The Kier molecular flexibility index (Phi) is 5.05. The number of pyridine rings is 1. The molecule has 1 fully saturated rings. The third-order valence-electron chi connectivity index (χ3n) is 4.69. The van der Waals surface area contributed by atoms with Crippen molar-refractivity contribution in [2.75, 3.05) is 19.8 Å². The molecule has 1 aromatic carbocycles. The third-order valence-corrected chi connectivity index (χ3v) is 4.69. The first-order chi connectivity index (χ1) is 14.0. The maximum absolute atomic E-state index is 13.1. The monoisotopic (exact) mass is 394 g/mol. The molecule has 1 amide bonds. The first-order valence-corrected chi connectivity index (χ1v) is 9.03. The van der Waals surface area contributed by atoms with Crippen LogP contribution in [-0.2, 0) is 4.74 Å². The van der Waals surface area contributed by atoms with Crippen LogP contribution in [0.5, 0.6) is 0 Å². The fraction of sp³-hybridized carbons (Fsp3) is 0.250. The van der Waals surface area contributed by atoms with Crippen LogP contribution in [0.4, 0.5) is 0 Å². The highest BCUT2D eigenvalue weighted by Crippen LogP contribution is 2.26. The molecule has 2 aromatic heterocycles. The fourth-order valence-corrected chi connectivity index (χ4v) is 3.18. The number of morpholine rings is 1. The SMILES string of the molecule is Cc1nc(C(=O)N2CCOCC2c2noc(-c3ccccc3)n2)ccc1C(=O)O. The van der Waals surface area contributed by atoms with Crippen LogP contribution >= 0.6 is 0 Å². The van der Waals surface area contributed by atoms with Crippen LogP contribution in [0.25, 0.3) is 11.5 Å². The van der Waals surface area contributed by atoms with E-state index in [0.29, 0.717) is 24.9 Å². The predicted octanol–water partition coefficient (Wildman–Crippen LogP) is 2.35. The molecule has 1 N–H and O–H groups in total. The van der Waals surface area contributed by atoms with E-state index in [9.17, 15) is 9.59 Å². The van der Waals surface area contributed by atoms with Gasteiger partial charge in [-0.3, -0.25) is 4.79 Å². The van der Waals surface area contributed by atoms with Crippen molar-refractivity contribution in [3.05, 3.63) is 65.2 Å². The van der Waals surface area contributed by atoms with Gasteiger partial charge in [-0.1, -0.05) is 23.4 Å². The molecule has 0 saturated carbocycles. The normalized spacial score (nSPS) is 16.6. The summed E-state index contributed by atoms with van der Waals surface area (Å²) in [5.41, 5.74) is 1.28. The Bertz CT molecular complexity index is 1050. The molecule has 9 nitrogen and oxygen atoms in total. The number of carbonyl (C=O) groups is 2. The number of hydrogen-bond acceptors (Lipinski definition) is 7. The lowest BCUT2D eigenvalue weighted by Crippen LogP contribution is -2.44. The molecule has 3 aromatic rings. The summed E-state index contributed by atoms with van der Waals surface area (Å²) in [6.45, 7) is 2.49. The van der Waals surface area contributed by atoms with Gasteiger partial charge in [0.25, 0.3) is 11.8 Å². The number of aromatic carboxylic acids is 1. The van der Waals surface area contributed by atoms with E-state index >= 15 is 0 Å². The average Bonchev–Trinajstić information content (AvgIpc) is 3.23. The van der Waals surface area contributed by atoms with Gasteiger partial charge in [-0.15, -0.1) is 0 Å². The Morgan fingerprint density at radius 3 is 2.66 bits per heavy atom. The molecular weight excluding hydrogens is 376 g/mol. The largest absolute Gasteiger partial charge is 0.478 e. The van der Waals surface area contributed by atoms with Crippen molar-refractivity contribution in [1.29, 1.82) is 0 Å². The summed E-state index contributed by atoms with van der Waals surface area (Å²) < 4.78 is 10.9. The fourth-order valence-electron chi connectivity index (χ4n) is 3.18. The lowest BCUT2D eigenvalue weighted by atomic mass is 10.1. The van der Waals surface area contributed by atoms with Crippen molar-refractivity contribution in [2.24, 2.45) is 0 Å². The van der Waals surface area contributed by atoms with Crippen molar-refractivity contribution >= 4 is 11.9 Å². The molecule has 0 aliphatic carbocycles. The summed E-state index contributed by atoms with van der Waals surface area (Å²) in [5.74, 6) is -0.725. The molecule has 1 unspecified atom stereocenters. The van der Waals surface area contributed by atoms with E-state index < -0.39 is 12.0 Å². The van der Waals surface area contributed by atoms with Crippen LogP contribution in [0.1, 0.15) is 38.4 Å². The number of carbonyl (C=O) groups excluding carboxylic acids is 1. The van der Waals surface area contributed by atoms with Crippen LogP contribution in [-0.4, -0.2) is 56.8 Å². The van der Waals surface area contributed by atoms with Gasteiger partial charge in [-0.2, -0.15) is 4.98 Å². The molecular formula is C20H18N4O5. The van der Waals surface area contributed by atoms with E-state index in [-0.39, 0.29) is 29.5 Å². The first-order valence-electron chi connectivity index (χ1n) is 9.03. The van der Waals surface area contributed by atoms with Gasteiger partial charge in [0.05, 0.1) is 24.5 Å². The Morgan fingerprint density at radius 1 is 1.14 bits per heavy atom. The second kappa shape index (κ2) is 7.80. The third kappa shape index (κ3) is 3.72. The molecule has 1 aliphatic rings. The van der Waals surface area contributed by atoms with Gasteiger partial charge in [0.1, 0.15) is 11.7 Å². The number of benzene rings is 1. The molecule has 1 saturated heterocycles. The number of nitrogens with zero attached hydrogens (tertiary/aromatic N) is 4. The van der Waals surface area contributed by atoms with Gasteiger partial charge >= 0.3 is 5.97 Å². The van der Waals surface area contributed by atoms with Gasteiger partial charge in [-0.05, 0) is 31.2 Å². The first kappa shape index (κ1) is 18.8. The molecule has 0 spiro atoms. The number of hydrogen-bond donors (Lipinski definition) is 1. The molecule has 0 bridgehead atoms. The molecule has 29 heavy (non-hydrogen) atoms. The lowest BCUT2D eigenvalue weighted by molar-refractivity contribution is -0.00608. The van der Waals surface area contributed by atoms with Crippen molar-refractivity contribution in [3.63, 3.8) is 0 Å². The summed E-state index contributed by atoms with van der Waals surface area (Å²) in [4.78, 5) is 34.4. The Morgan fingerprint density at radius 2 is 1.93 bits per heavy atom. The van der Waals surface area contributed by atoms with Crippen LogP contribution in [0, 0.1) is 6.92 Å². The number of aryl methyl sites for hydroxylation is 1. The van der Waals surface area contributed by atoms with Crippen molar-refractivity contribution in [1.82, 2.24) is 20.0 Å². The van der Waals surface area contributed by atoms with E-state index in [1.165, 1.54) is 12.1 Å². The molecule has 3 heterocycles. The maximum atomic E-state index is 13.1. The summed E-state index contributed by atoms with van der Waals surface area (Å²) in [6, 6.07) is 11.6. The molecule has 1 atom stereocenters. The summed E-state index contributed by atoms with van der Waals surface area (Å²) in [7, 11) is 0. The second-order valence-electron chi connectivity index (χ2n) is 6.55. The zero-order valence-corrected chi connectivity index (χ0v) is 15.6. The van der Waals surface area contributed by atoms with Gasteiger partial charge in [0, 0.05) is 12.1 Å². The molecule has 9 heteroatoms. The van der Waals surface area contributed by atoms with E-state index in [0.717, 1.165) is 5.56 Å². The second-order valence-corrected chi connectivity index (χ2v) is 6.55. The van der Waals surface area contributed by atoms with Crippen LogP contribution in [0.3, 0.4) is 0 Å². The standard InChI is InChI=1S/C20H18N4O5/c1-12-14(20(26)27)7-8-15(21-12)19(25)24-9-10-28-11-16(24)17-22-18(29-23-17)13-5-3-2-4-6-13/h2-8,16H,9-11H2,1H3,(H,26,27). The Balaban J connectivity index is 1.61. The summed E-state index contributed by atoms with van der Waals surface area (Å²) >= 11 is 0. The van der Waals surface area contributed by atoms with Crippen molar-refractivity contribution in [3.8, 4) is 11.5 Å². The maximum Gasteiger partial charge on any atom is 0.337 e. The number of amides is 1. The average molecular weight is 394 g/mol. The van der Waals surface area contributed by atoms with Crippen LogP contribution in [0.15, 0.2) is 47.0 Å². The van der Waals surface area contributed by atoms with E-state index in [1.54, 1.807) is 11.8 Å². The van der Waals surface area contributed by atoms with Gasteiger partial charge in [0.2, 0.25) is 0 Å². The highest BCUT2D eigenvalue weighted by molar-refractivity contribution is 5.94. The summed E-state index contributed by atoms with van der Waals surface area (Å²) in [5, 5.41) is 13.2. The molecule has 4 rings (SSSR count). The Hall–Kier alpha value is -3.59. The molecule has 0 radical (unpaired) electrons. The number of ether oxygens (including phenoxy) is 1. The minimum Gasteiger partial charge on any atom is -0.478 e. The predicted molar refractivity (Wildman–Crippen MR) is 100 cm³/mol. The minimum absolute atomic E-state index is 0.0609. The number of rotatable bonds is 4. The van der Waals surface area contributed by atoms with Gasteiger partial charge < -0.3 is 19.3 Å². The number of carboxylic acid groups (broad SMARTS) is 1. The van der Waals surface area contributed by atoms with Gasteiger partial charge in [-0.25, -0.2) is 9.78 Å². The minimum atomic E-state index is -1.08. The molecule has 148 valence electrons. The van der Waals surface area contributed by atoms with E-state index in [4.69, 9.17) is 14.4 Å². The zero-order valence-electron chi connectivity index (χ0n) is 15.6. The number of aromatic nitrogens is 3. The lowest BCUT2D eigenvalue weighted by Gasteiger charge is -2.33. The quantitative estimate of drug-likeness (QED) is 0.716. The smallest absolute Gasteiger partial charge is 0.337 e. The topological polar surface area (TPSA) is 119 Å². The van der Waals surface area contributed by atoms with Crippen molar-refractivity contribution < 1.29 is 24.0 Å². The van der Waals surface area contributed by atoms with Crippen molar-refractivity contribution in [2.45, 2.75) is 13.0 Å². The summed E-state index contributed by atoms with van der Waals surface area (Å²) in [6.07, 6.45) is 0. The van der Waals surface area contributed by atoms with E-state index in [1.807, 2.05) is 30.3 Å². The van der Waals surface area contributed by atoms with Crippen LogP contribution < -0.4 is 0 Å². The Labute approximate surface area is 165 Å². The zero-order chi connectivity index (χ0) is 20.4. The number of carboxylic acids is 1. The highest BCUT2D eigenvalue weighted by Gasteiger charge is 2.33. The van der Waals surface area contributed by atoms with Crippen LogP contribution in [0.2, 0.25) is 0 Å². The van der Waals surface area contributed by atoms with Gasteiger partial charge in [0.15, 0.2) is 5.82 Å². The molecule has 1 aliphatic heterocycles.